The van der Waals surface area contributed by atoms with Crippen molar-refractivity contribution in [2.24, 2.45) is 0 Å². The molecule has 24 heavy (non-hydrogen) atoms. The van der Waals surface area contributed by atoms with E-state index in [1.54, 1.807) is 23.0 Å². The van der Waals surface area contributed by atoms with E-state index in [2.05, 4.69) is 4.98 Å². The van der Waals surface area contributed by atoms with E-state index in [9.17, 15) is 14.7 Å². The minimum absolute atomic E-state index is 0.0406. The molecule has 1 aromatic heterocycles. The first kappa shape index (κ1) is 18.4. The van der Waals surface area contributed by atoms with Gasteiger partial charge in [-0.2, -0.15) is 0 Å². The molecule has 2 unspecified atom stereocenters. The Morgan fingerprint density at radius 2 is 2.29 bits per heavy atom. The first-order chi connectivity index (χ1) is 11.4. The van der Waals surface area contributed by atoms with Crippen LogP contribution in [0.4, 0.5) is 0 Å². The number of rotatable bonds is 5. The van der Waals surface area contributed by atoms with Crippen LogP contribution in [0.3, 0.4) is 0 Å². The molecule has 0 radical (unpaired) electrons. The third-order valence-electron chi connectivity index (χ3n) is 4.24. The van der Waals surface area contributed by atoms with Crippen LogP contribution in [0.5, 0.6) is 0 Å². The Morgan fingerprint density at radius 1 is 1.54 bits per heavy atom. The van der Waals surface area contributed by atoms with E-state index >= 15 is 0 Å². The number of ether oxygens (including phenoxy) is 1. The second kappa shape index (κ2) is 8.21. The van der Waals surface area contributed by atoms with Crippen molar-refractivity contribution in [2.45, 2.75) is 32.4 Å². The minimum atomic E-state index is -1.05. The summed E-state index contributed by atoms with van der Waals surface area (Å²) in [6.45, 7) is 4.94. The van der Waals surface area contributed by atoms with E-state index < -0.39 is 6.10 Å². The lowest BCUT2D eigenvalue weighted by molar-refractivity contribution is -0.150. The Morgan fingerprint density at radius 3 is 2.96 bits per heavy atom. The third-order valence-corrected chi connectivity index (χ3v) is 4.24. The van der Waals surface area contributed by atoms with Crippen molar-refractivity contribution in [1.29, 1.82) is 0 Å². The van der Waals surface area contributed by atoms with E-state index in [0.29, 0.717) is 26.3 Å². The van der Waals surface area contributed by atoms with Crippen LogP contribution in [-0.2, 0) is 20.7 Å². The van der Waals surface area contributed by atoms with Crippen LogP contribution in [0.2, 0.25) is 0 Å². The predicted molar refractivity (Wildman–Crippen MR) is 88.3 cm³/mol. The summed E-state index contributed by atoms with van der Waals surface area (Å²) >= 11 is 0. The highest BCUT2D eigenvalue weighted by molar-refractivity contribution is 5.81. The third kappa shape index (κ3) is 4.52. The standard InChI is InChI=1S/C17H25N3O4/c1-12-14(5-4-6-18-12)9-16(22)19(3)10-15-11-24-8-7-20(15)17(23)13(2)21/h4-6,13,15,21H,7-11H2,1-3H3. The molecular weight excluding hydrogens is 310 g/mol. The maximum atomic E-state index is 12.5. The predicted octanol–water partition coefficient (Wildman–Crippen LogP) is -0.000880. The van der Waals surface area contributed by atoms with Gasteiger partial charge in [0, 0.05) is 32.0 Å². The highest BCUT2D eigenvalue weighted by Crippen LogP contribution is 2.12. The zero-order valence-electron chi connectivity index (χ0n) is 14.4. The topological polar surface area (TPSA) is 83.0 Å². The van der Waals surface area contributed by atoms with Crippen LogP contribution in [0.1, 0.15) is 18.2 Å². The highest BCUT2D eigenvalue weighted by Gasteiger charge is 2.31. The van der Waals surface area contributed by atoms with E-state index in [0.717, 1.165) is 11.3 Å². The second-order valence-electron chi connectivity index (χ2n) is 6.14. The monoisotopic (exact) mass is 335 g/mol. The fraction of sp³-hybridized carbons (Fsp3) is 0.588. The average molecular weight is 335 g/mol. The lowest BCUT2D eigenvalue weighted by atomic mass is 10.1. The molecule has 2 heterocycles. The summed E-state index contributed by atoms with van der Waals surface area (Å²) in [6, 6.07) is 3.46. The number of aromatic nitrogens is 1. The Labute approximate surface area is 142 Å². The van der Waals surface area contributed by atoms with Crippen molar-refractivity contribution in [1.82, 2.24) is 14.8 Å². The van der Waals surface area contributed by atoms with Crippen LogP contribution in [-0.4, -0.2) is 77.2 Å². The number of nitrogens with zero attached hydrogens (tertiary/aromatic N) is 3. The van der Waals surface area contributed by atoms with Crippen LogP contribution < -0.4 is 0 Å². The number of carbonyl (C=O) groups is 2. The number of hydrogen-bond acceptors (Lipinski definition) is 5. The number of morpholine rings is 1. The molecular formula is C17H25N3O4. The molecule has 0 saturated carbocycles. The summed E-state index contributed by atoms with van der Waals surface area (Å²) in [4.78, 5) is 32.0. The summed E-state index contributed by atoms with van der Waals surface area (Å²) in [5.41, 5.74) is 1.73. The minimum Gasteiger partial charge on any atom is -0.384 e. The number of pyridine rings is 1. The summed E-state index contributed by atoms with van der Waals surface area (Å²) in [5.74, 6) is -0.367. The SMILES string of the molecule is Cc1ncccc1CC(=O)N(C)CC1COCCN1C(=O)C(C)O. The molecule has 2 rings (SSSR count). The zero-order valence-corrected chi connectivity index (χ0v) is 14.4. The van der Waals surface area contributed by atoms with Gasteiger partial charge in [0.15, 0.2) is 0 Å². The van der Waals surface area contributed by atoms with E-state index in [1.165, 1.54) is 6.92 Å². The number of carbonyl (C=O) groups excluding carboxylic acids is 2. The Bertz CT molecular complexity index is 591. The normalized spacial score (nSPS) is 19.0. The van der Waals surface area contributed by atoms with Crippen LogP contribution in [0.25, 0.3) is 0 Å². The van der Waals surface area contributed by atoms with Crippen LogP contribution in [0, 0.1) is 6.92 Å². The van der Waals surface area contributed by atoms with Gasteiger partial charge in [-0.3, -0.25) is 14.6 Å². The van der Waals surface area contributed by atoms with E-state index in [1.807, 2.05) is 19.1 Å². The van der Waals surface area contributed by atoms with Gasteiger partial charge in [-0.1, -0.05) is 6.07 Å². The van der Waals surface area contributed by atoms with Crippen molar-refractivity contribution in [3.05, 3.63) is 29.6 Å². The molecule has 1 aromatic rings. The van der Waals surface area contributed by atoms with Crippen molar-refractivity contribution >= 4 is 11.8 Å². The first-order valence-corrected chi connectivity index (χ1v) is 8.11. The van der Waals surface area contributed by atoms with Gasteiger partial charge in [-0.25, -0.2) is 0 Å². The molecule has 1 N–H and O–H groups in total. The van der Waals surface area contributed by atoms with Gasteiger partial charge in [0.2, 0.25) is 5.91 Å². The van der Waals surface area contributed by atoms with Crippen molar-refractivity contribution in [3.8, 4) is 0 Å². The maximum Gasteiger partial charge on any atom is 0.251 e. The van der Waals surface area contributed by atoms with Gasteiger partial charge in [-0.15, -0.1) is 0 Å². The molecule has 132 valence electrons. The molecule has 1 saturated heterocycles. The largest absolute Gasteiger partial charge is 0.384 e. The average Bonchev–Trinajstić information content (AvgIpc) is 2.56. The Kier molecular flexibility index (Phi) is 6.28. The van der Waals surface area contributed by atoms with Crippen molar-refractivity contribution < 1.29 is 19.4 Å². The molecule has 1 aliphatic heterocycles. The molecule has 0 aromatic carbocycles. The van der Waals surface area contributed by atoms with Crippen LogP contribution >= 0.6 is 0 Å². The van der Waals surface area contributed by atoms with Gasteiger partial charge in [0.05, 0.1) is 25.7 Å². The maximum absolute atomic E-state index is 12.5. The molecule has 7 heteroatoms. The summed E-state index contributed by atoms with van der Waals surface area (Å²) in [6.07, 6.45) is 0.921. The second-order valence-corrected chi connectivity index (χ2v) is 6.14. The van der Waals surface area contributed by atoms with Gasteiger partial charge in [0.25, 0.3) is 5.91 Å². The summed E-state index contributed by atoms with van der Waals surface area (Å²) < 4.78 is 5.44. The Hall–Kier alpha value is -1.99. The highest BCUT2D eigenvalue weighted by atomic mass is 16.5. The van der Waals surface area contributed by atoms with Gasteiger partial charge < -0.3 is 19.6 Å². The molecule has 0 aliphatic carbocycles. The molecule has 1 fully saturated rings. The Balaban J connectivity index is 1.98. The number of aliphatic hydroxyl groups is 1. The zero-order chi connectivity index (χ0) is 17.7. The summed E-state index contributed by atoms with van der Waals surface area (Å²) in [7, 11) is 1.72. The smallest absolute Gasteiger partial charge is 0.251 e. The fourth-order valence-electron chi connectivity index (χ4n) is 2.76. The molecule has 2 atom stereocenters. The lowest BCUT2D eigenvalue weighted by Gasteiger charge is -2.38. The van der Waals surface area contributed by atoms with E-state index in [-0.39, 0.29) is 24.3 Å². The number of likely N-dealkylation sites (N-methyl/N-ethyl adjacent to an activating group) is 1. The van der Waals surface area contributed by atoms with Gasteiger partial charge in [-0.05, 0) is 25.5 Å². The van der Waals surface area contributed by atoms with Gasteiger partial charge >= 0.3 is 0 Å². The van der Waals surface area contributed by atoms with Crippen LogP contribution in [0.15, 0.2) is 18.3 Å². The summed E-state index contributed by atoms with van der Waals surface area (Å²) in [5, 5.41) is 9.54. The molecule has 7 nitrogen and oxygen atoms in total. The number of aryl methyl sites for hydroxylation is 1. The number of aliphatic hydroxyl groups excluding tert-OH is 1. The first-order valence-electron chi connectivity index (χ1n) is 8.11. The van der Waals surface area contributed by atoms with Crippen molar-refractivity contribution in [2.75, 3.05) is 33.4 Å². The van der Waals surface area contributed by atoms with Crippen molar-refractivity contribution in [3.63, 3.8) is 0 Å². The number of hydrogen-bond donors (Lipinski definition) is 1. The lowest BCUT2D eigenvalue weighted by Crippen LogP contribution is -2.55. The molecule has 0 spiro atoms. The molecule has 1 aliphatic rings. The van der Waals surface area contributed by atoms with Gasteiger partial charge in [0.1, 0.15) is 6.10 Å². The molecule has 2 amide bonds. The fourth-order valence-corrected chi connectivity index (χ4v) is 2.76. The van der Waals surface area contributed by atoms with E-state index in [4.69, 9.17) is 4.74 Å². The number of amides is 2. The quantitative estimate of drug-likeness (QED) is 0.819. The molecule has 0 bridgehead atoms.